The first-order valence-corrected chi connectivity index (χ1v) is 6.85. The molecule has 0 fully saturated rings. The second-order valence-electron chi connectivity index (χ2n) is 4.86. The summed E-state index contributed by atoms with van der Waals surface area (Å²) in [5, 5.41) is 0. The number of rotatable bonds is 7. The van der Waals surface area contributed by atoms with Crippen LogP contribution in [0.3, 0.4) is 0 Å². The summed E-state index contributed by atoms with van der Waals surface area (Å²) in [6, 6.07) is 5.03. The first-order valence-electron chi connectivity index (χ1n) is 6.85. The van der Waals surface area contributed by atoms with Gasteiger partial charge < -0.3 is 10.6 Å². The van der Waals surface area contributed by atoms with E-state index < -0.39 is 0 Å². The van der Waals surface area contributed by atoms with Crippen molar-refractivity contribution in [2.45, 2.75) is 33.6 Å². The van der Waals surface area contributed by atoms with E-state index in [4.69, 9.17) is 5.73 Å². The SMILES string of the molecule is CCC(C)CN(CC)c1ccc(F)cc1CCN. The van der Waals surface area contributed by atoms with Crippen LogP contribution < -0.4 is 10.6 Å². The molecule has 2 nitrogen and oxygen atoms in total. The van der Waals surface area contributed by atoms with Gasteiger partial charge in [-0.3, -0.25) is 0 Å². The fraction of sp³-hybridized carbons (Fsp3) is 0.600. The van der Waals surface area contributed by atoms with Gasteiger partial charge >= 0.3 is 0 Å². The maximum Gasteiger partial charge on any atom is 0.123 e. The number of hydrogen-bond acceptors (Lipinski definition) is 2. The van der Waals surface area contributed by atoms with Crippen LogP contribution in [0.25, 0.3) is 0 Å². The third-order valence-electron chi connectivity index (χ3n) is 3.41. The molecule has 0 heterocycles. The molecular weight excluding hydrogens is 227 g/mol. The van der Waals surface area contributed by atoms with E-state index in [1.54, 1.807) is 6.07 Å². The van der Waals surface area contributed by atoms with E-state index in [9.17, 15) is 4.39 Å². The van der Waals surface area contributed by atoms with Crippen LogP contribution in [0, 0.1) is 11.7 Å². The van der Waals surface area contributed by atoms with E-state index in [-0.39, 0.29) is 5.82 Å². The molecule has 0 aromatic heterocycles. The van der Waals surface area contributed by atoms with Gasteiger partial charge in [0.1, 0.15) is 5.82 Å². The van der Waals surface area contributed by atoms with Crippen molar-refractivity contribution in [3.05, 3.63) is 29.6 Å². The monoisotopic (exact) mass is 252 g/mol. The minimum absolute atomic E-state index is 0.179. The van der Waals surface area contributed by atoms with Gasteiger partial charge in [-0.25, -0.2) is 4.39 Å². The van der Waals surface area contributed by atoms with Gasteiger partial charge in [-0.2, -0.15) is 0 Å². The van der Waals surface area contributed by atoms with Crippen molar-refractivity contribution in [2.75, 3.05) is 24.5 Å². The van der Waals surface area contributed by atoms with Gasteiger partial charge in [0, 0.05) is 18.8 Å². The molecule has 18 heavy (non-hydrogen) atoms. The standard InChI is InChI=1S/C15H25FN2/c1-4-12(3)11-18(5-2)15-7-6-14(16)10-13(15)8-9-17/h6-7,10,12H,4-5,8-9,11,17H2,1-3H3. The summed E-state index contributed by atoms with van der Waals surface area (Å²) >= 11 is 0. The van der Waals surface area contributed by atoms with Crippen molar-refractivity contribution in [1.29, 1.82) is 0 Å². The molecule has 2 N–H and O–H groups in total. The van der Waals surface area contributed by atoms with Gasteiger partial charge in [0.05, 0.1) is 0 Å². The highest BCUT2D eigenvalue weighted by Crippen LogP contribution is 2.23. The van der Waals surface area contributed by atoms with E-state index in [0.29, 0.717) is 12.5 Å². The summed E-state index contributed by atoms with van der Waals surface area (Å²) in [6.07, 6.45) is 1.88. The molecule has 0 bridgehead atoms. The molecule has 1 unspecified atom stereocenters. The zero-order chi connectivity index (χ0) is 13.5. The van der Waals surface area contributed by atoms with E-state index in [1.165, 1.54) is 6.07 Å². The third-order valence-corrected chi connectivity index (χ3v) is 3.41. The van der Waals surface area contributed by atoms with Crippen LogP contribution in [0.4, 0.5) is 10.1 Å². The predicted molar refractivity (Wildman–Crippen MR) is 76.5 cm³/mol. The minimum atomic E-state index is -0.179. The van der Waals surface area contributed by atoms with Gasteiger partial charge in [-0.05, 0) is 49.6 Å². The average Bonchev–Trinajstić information content (AvgIpc) is 2.37. The van der Waals surface area contributed by atoms with Crippen molar-refractivity contribution in [3.63, 3.8) is 0 Å². The molecule has 1 atom stereocenters. The lowest BCUT2D eigenvalue weighted by molar-refractivity contribution is 0.546. The summed E-state index contributed by atoms with van der Waals surface area (Å²) in [7, 11) is 0. The normalized spacial score (nSPS) is 12.5. The largest absolute Gasteiger partial charge is 0.371 e. The van der Waals surface area contributed by atoms with Gasteiger partial charge in [-0.15, -0.1) is 0 Å². The minimum Gasteiger partial charge on any atom is -0.371 e. The van der Waals surface area contributed by atoms with E-state index in [1.807, 2.05) is 6.07 Å². The smallest absolute Gasteiger partial charge is 0.123 e. The third kappa shape index (κ3) is 3.98. The van der Waals surface area contributed by atoms with E-state index >= 15 is 0 Å². The number of anilines is 1. The van der Waals surface area contributed by atoms with Crippen LogP contribution in [-0.2, 0) is 6.42 Å². The Labute approximate surface area is 110 Å². The number of nitrogens with zero attached hydrogens (tertiary/aromatic N) is 1. The van der Waals surface area contributed by atoms with Crippen LogP contribution >= 0.6 is 0 Å². The molecule has 0 saturated carbocycles. The molecule has 1 rings (SSSR count). The summed E-state index contributed by atoms with van der Waals surface area (Å²) in [6.45, 7) is 9.08. The summed E-state index contributed by atoms with van der Waals surface area (Å²) < 4.78 is 13.3. The molecule has 102 valence electrons. The Balaban J connectivity index is 2.96. The molecule has 0 amide bonds. The maximum absolute atomic E-state index is 13.3. The van der Waals surface area contributed by atoms with Crippen molar-refractivity contribution >= 4 is 5.69 Å². The Hall–Kier alpha value is -1.09. The fourth-order valence-electron chi connectivity index (χ4n) is 2.12. The zero-order valence-electron chi connectivity index (χ0n) is 11.7. The first kappa shape index (κ1) is 15.0. The van der Waals surface area contributed by atoms with Crippen molar-refractivity contribution in [1.82, 2.24) is 0 Å². The lowest BCUT2D eigenvalue weighted by atomic mass is 10.0. The summed E-state index contributed by atoms with van der Waals surface area (Å²) in [4.78, 5) is 2.32. The second kappa shape index (κ2) is 7.37. The molecule has 0 spiro atoms. The van der Waals surface area contributed by atoms with Crippen molar-refractivity contribution in [2.24, 2.45) is 11.7 Å². The Morgan fingerprint density at radius 2 is 2.06 bits per heavy atom. The van der Waals surface area contributed by atoms with Crippen LogP contribution in [0.5, 0.6) is 0 Å². The van der Waals surface area contributed by atoms with Crippen molar-refractivity contribution < 1.29 is 4.39 Å². The Kier molecular flexibility index (Phi) is 6.13. The quantitative estimate of drug-likeness (QED) is 0.807. The Bertz CT molecular complexity index is 366. The molecule has 0 aliphatic rings. The predicted octanol–water partition coefficient (Wildman–Crippen LogP) is 3.20. The number of nitrogens with two attached hydrogens (primary N) is 1. The van der Waals surface area contributed by atoms with E-state index in [2.05, 4.69) is 25.7 Å². The summed E-state index contributed by atoms with van der Waals surface area (Å²) in [5.41, 5.74) is 7.75. The molecule has 0 saturated heterocycles. The number of halogens is 1. The van der Waals surface area contributed by atoms with Gasteiger partial charge in [0.25, 0.3) is 0 Å². The fourth-order valence-corrected chi connectivity index (χ4v) is 2.12. The maximum atomic E-state index is 13.3. The lowest BCUT2D eigenvalue weighted by Crippen LogP contribution is -2.29. The summed E-state index contributed by atoms with van der Waals surface area (Å²) in [5.74, 6) is 0.461. The molecule has 0 aliphatic heterocycles. The average molecular weight is 252 g/mol. The van der Waals surface area contributed by atoms with Crippen LogP contribution in [0.1, 0.15) is 32.8 Å². The van der Waals surface area contributed by atoms with Crippen LogP contribution in [-0.4, -0.2) is 19.6 Å². The highest BCUT2D eigenvalue weighted by molar-refractivity contribution is 5.54. The molecule has 3 heteroatoms. The zero-order valence-corrected chi connectivity index (χ0v) is 11.7. The topological polar surface area (TPSA) is 29.3 Å². The first-order chi connectivity index (χ1) is 8.62. The van der Waals surface area contributed by atoms with Gasteiger partial charge in [0.15, 0.2) is 0 Å². The van der Waals surface area contributed by atoms with Gasteiger partial charge in [-0.1, -0.05) is 20.3 Å². The number of benzene rings is 1. The molecule has 1 aromatic rings. The van der Waals surface area contributed by atoms with Crippen LogP contribution in [0.15, 0.2) is 18.2 Å². The highest BCUT2D eigenvalue weighted by atomic mass is 19.1. The molecule has 1 aromatic carbocycles. The van der Waals surface area contributed by atoms with Crippen molar-refractivity contribution in [3.8, 4) is 0 Å². The highest BCUT2D eigenvalue weighted by Gasteiger charge is 2.12. The van der Waals surface area contributed by atoms with Crippen LogP contribution in [0.2, 0.25) is 0 Å². The Morgan fingerprint density at radius 3 is 2.61 bits per heavy atom. The van der Waals surface area contributed by atoms with E-state index in [0.717, 1.165) is 37.2 Å². The lowest BCUT2D eigenvalue weighted by Gasteiger charge is -2.28. The second-order valence-corrected chi connectivity index (χ2v) is 4.86. The van der Waals surface area contributed by atoms with Gasteiger partial charge in [0.2, 0.25) is 0 Å². The number of hydrogen-bond donors (Lipinski definition) is 1. The Morgan fingerprint density at radius 1 is 1.33 bits per heavy atom. The molecule has 0 aliphatic carbocycles. The molecule has 0 radical (unpaired) electrons. The molecular formula is C15H25FN2.